The van der Waals surface area contributed by atoms with Crippen LogP contribution in [0.3, 0.4) is 0 Å². The van der Waals surface area contributed by atoms with Crippen LogP contribution in [0.4, 0.5) is 5.69 Å². The van der Waals surface area contributed by atoms with Crippen LogP contribution in [-0.2, 0) is 4.79 Å². The number of anilines is 1. The Morgan fingerprint density at radius 2 is 2.00 bits per heavy atom. The topological polar surface area (TPSA) is 38.8 Å². The molecule has 0 spiro atoms. The summed E-state index contributed by atoms with van der Waals surface area (Å²) in [6.45, 7) is 0.218. The molecule has 4 nitrogen and oxygen atoms in total. The van der Waals surface area contributed by atoms with Crippen molar-refractivity contribution in [3.63, 3.8) is 0 Å². The van der Waals surface area contributed by atoms with E-state index < -0.39 is 0 Å². The molecule has 0 saturated carbocycles. The van der Waals surface area contributed by atoms with E-state index in [1.54, 1.807) is 30.3 Å². The molecule has 2 heterocycles. The van der Waals surface area contributed by atoms with Gasteiger partial charge in [-0.2, -0.15) is 0 Å². The molecule has 2 aliphatic rings. The van der Waals surface area contributed by atoms with Crippen LogP contribution in [0.2, 0.25) is 5.02 Å². The molecule has 2 aliphatic heterocycles. The van der Waals surface area contributed by atoms with E-state index in [0.29, 0.717) is 31.4 Å². The Morgan fingerprint density at radius 3 is 2.83 bits per heavy atom. The largest absolute Gasteiger partial charge is 0.454 e. The van der Waals surface area contributed by atoms with E-state index in [1.165, 1.54) is 16.7 Å². The van der Waals surface area contributed by atoms with Crippen molar-refractivity contribution < 1.29 is 14.3 Å². The number of benzene rings is 2. The van der Waals surface area contributed by atoms with Gasteiger partial charge in [-0.05, 0) is 42.0 Å². The predicted molar refractivity (Wildman–Crippen MR) is 99.7 cm³/mol. The van der Waals surface area contributed by atoms with Crippen LogP contribution in [0.15, 0.2) is 47.4 Å². The van der Waals surface area contributed by atoms with E-state index in [9.17, 15) is 4.79 Å². The molecular weight excluding hydrogens is 366 g/mol. The van der Waals surface area contributed by atoms with Gasteiger partial charge in [0.1, 0.15) is 0 Å². The molecule has 1 amide bonds. The van der Waals surface area contributed by atoms with Gasteiger partial charge < -0.3 is 9.47 Å². The summed E-state index contributed by atoms with van der Waals surface area (Å²) in [7, 11) is 0. The van der Waals surface area contributed by atoms with Gasteiger partial charge in [-0.25, -0.2) is 0 Å². The summed E-state index contributed by atoms with van der Waals surface area (Å²) < 4.78 is 11.1. The number of carbonyl (C=O) groups excluding carboxylic acids is 1. The molecule has 0 radical (unpaired) electrons. The Labute approximate surface area is 153 Å². The van der Waals surface area contributed by atoms with Gasteiger partial charge in [-0.1, -0.05) is 47.7 Å². The highest BCUT2D eigenvalue weighted by molar-refractivity contribution is 8.27. The maximum Gasteiger partial charge on any atom is 0.270 e. The number of carbonyl (C=O) groups is 1. The third-order valence-corrected chi connectivity index (χ3v) is 5.09. The van der Waals surface area contributed by atoms with Crippen molar-refractivity contribution in [1.29, 1.82) is 0 Å². The van der Waals surface area contributed by atoms with Crippen LogP contribution in [0.5, 0.6) is 11.5 Å². The molecule has 1 saturated heterocycles. The van der Waals surface area contributed by atoms with Crippen molar-refractivity contribution in [3.05, 3.63) is 58.0 Å². The Kier molecular flexibility index (Phi) is 3.96. The molecule has 24 heavy (non-hydrogen) atoms. The molecule has 0 aromatic heterocycles. The van der Waals surface area contributed by atoms with E-state index in [1.807, 2.05) is 18.2 Å². The number of ether oxygens (including phenoxy) is 2. The number of halogens is 1. The predicted octanol–water partition coefficient (Wildman–Crippen LogP) is 4.47. The summed E-state index contributed by atoms with van der Waals surface area (Å²) >= 11 is 12.6. The molecule has 2 aromatic rings. The van der Waals surface area contributed by atoms with Crippen molar-refractivity contribution in [2.45, 2.75) is 0 Å². The molecule has 0 unspecified atom stereocenters. The number of nitrogens with zero attached hydrogens (tertiary/aromatic N) is 1. The Balaban J connectivity index is 1.66. The fraction of sp³-hybridized carbons (Fsp3) is 0.0588. The molecule has 1 fully saturated rings. The number of hydrogen-bond acceptors (Lipinski definition) is 5. The summed E-state index contributed by atoms with van der Waals surface area (Å²) in [4.78, 5) is 14.8. The zero-order chi connectivity index (χ0) is 16.7. The zero-order valence-corrected chi connectivity index (χ0v) is 14.6. The molecule has 7 heteroatoms. The summed E-state index contributed by atoms with van der Waals surface area (Å²) in [6, 6.07) is 12.6. The summed E-state index contributed by atoms with van der Waals surface area (Å²) in [5.41, 5.74) is 1.52. The van der Waals surface area contributed by atoms with E-state index in [2.05, 4.69) is 0 Å². The summed E-state index contributed by atoms with van der Waals surface area (Å²) in [5.74, 6) is 1.22. The first-order chi connectivity index (χ1) is 11.6. The first-order valence-corrected chi connectivity index (χ1v) is 8.65. The first kappa shape index (κ1) is 15.5. The number of thiocarbonyl (C=S) groups is 1. The van der Waals surface area contributed by atoms with Gasteiger partial charge in [0, 0.05) is 5.02 Å². The van der Waals surface area contributed by atoms with Gasteiger partial charge in [-0.15, -0.1) is 0 Å². The second kappa shape index (κ2) is 6.12. The Bertz CT molecular complexity index is 897. The monoisotopic (exact) mass is 375 g/mol. The summed E-state index contributed by atoms with van der Waals surface area (Å²) in [5, 5.41) is 0.557. The number of fused-ring (bicyclic) bond motifs is 1. The smallest absolute Gasteiger partial charge is 0.270 e. The maximum absolute atomic E-state index is 12.7. The number of hydrogen-bond donors (Lipinski definition) is 0. The third kappa shape index (κ3) is 2.77. The van der Waals surface area contributed by atoms with Crippen LogP contribution in [0.25, 0.3) is 6.08 Å². The number of rotatable bonds is 2. The zero-order valence-electron chi connectivity index (χ0n) is 12.2. The van der Waals surface area contributed by atoms with Crippen molar-refractivity contribution in [3.8, 4) is 11.5 Å². The highest BCUT2D eigenvalue weighted by Gasteiger charge is 2.33. The minimum absolute atomic E-state index is 0.162. The first-order valence-electron chi connectivity index (χ1n) is 7.05. The van der Waals surface area contributed by atoms with Gasteiger partial charge in [-0.3, -0.25) is 9.69 Å². The minimum atomic E-state index is -0.162. The normalized spacial score (nSPS) is 17.9. The maximum atomic E-state index is 12.7. The SMILES string of the molecule is O=C1/C(=C/c2ccc3c(c2)OCO3)SC(=S)N1c1cccc(Cl)c1. The van der Waals surface area contributed by atoms with Gasteiger partial charge in [0.05, 0.1) is 10.6 Å². The van der Waals surface area contributed by atoms with Gasteiger partial charge in [0.15, 0.2) is 15.8 Å². The quantitative estimate of drug-likeness (QED) is 0.571. The number of thioether (sulfide) groups is 1. The average Bonchev–Trinajstić information content (AvgIpc) is 3.12. The van der Waals surface area contributed by atoms with Crippen molar-refractivity contribution in [1.82, 2.24) is 0 Å². The number of amides is 1. The Morgan fingerprint density at radius 1 is 1.17 bits per heavy atom. The highest BCUT2D eigenvalue weighted by atomic mass is 35.5. The lowest BCUT2D eigenvalue weighted by Crippen LogP contribution is -2.27. The van der Waals surface area contributed by atoms with E-state index in [4.69, 9.17) is 33.3 Å². The van der Waals surface area contributed by atoms with Crippen LogP contribution >= 0.6 is 35.6 Å². The molecule has 0 bridgehead atoms. The second-order valence-corrected chi connectivity index (χ2v) is 7.22. The molecule has 2 aromatic carbocycles. The lowest BCUT2D eigenvalue weighted by Gasteiger charge is -2.14. The lowest BCUT2D eigenvalue weighted by atomic mass is 10.2. The molecular formula is C17H10ClNO3S2. The lowest BCUT2D eigenvalue weighted by molar-refractivity contribution is -0.113. The third-order valence-electron chi connectivity index (χ3n) is 3.55. The minimum Gasteiger partial charge on any atom is -0.454 e. The molecule has 4 rings (SSSR count). The molecule has 0 aliphatic carbocycles. The van der Waals surface area contributed by atoms with Gasteiger partial charge in [0.2, 0.25) is 6.79 Å². The standard InChI is InChI=1S/C17H10ClNO3S2/c18-11-2-1-3-12(8-11)19-16(20)15(24-17(19)23)7-10-4-5-13-14(6-10)22-9-21-13/h1-8H,9H2/b15-7-. The van der Waals surface area contributed by atoms with E-state index >= 15 is 0 Å². The van der Waals surface area contributed by atoms with Crippen molar-refractivity contribution in [2.24, 2.45) is 0 Å². The van der Waals surface area contributed by atoms with E-state index in [0.717, 1.165) is 5.56 Å². The van der Waals surface area contributed by atoms with Crippen LogP contribution in [0, 0.1) is 0 Å². The van der Waals surface area contributed by atoms with Crippen LogP contribution in [0.1, 0.15) is 5.56 Å². The average molecular weight is 376 g/mol. The fourth-order valence-corrected chi connectivity index (χ4v) is 3.94. The molecule has 120 valence electrons. The highest BCUT2D eigenvalue weighted by Crippen LogP contribution is 2.38. The second-order valence-electron chi connectivity index (χ2n) is 5.11. The molecule has 0 atom stereocenters. The van der Waals surface area contributed by atoms with E-state index in [-0.39, 0.29) is 12.7 Å². The van der Waals surface area contributed by atoms with Gasteiger partial charge >= 0.3 is 0 Å². The fourth-order valence-electron chi connectivity index (χ4n) is 2.46. The molecule has 0 N–H and O–H groups in total. The Hall–Kier alpha value is -2.02. The van der Waals surface area contributed by atoms with Crippen LogP contribution in [-0.4, -0.2) is 17.0 Å². The van der Waals surface area contributed by atoms with Crippen molar-refractivity contribution >= 4 is 57.6 Å². The van der Waals surface area contributed by atoms with Crippen molar-refractivity contribution in [2.75, 3.05) is 11.7 Å². The van der Waals surface area contributed by atoms with Gasteiger partial charge in [0.25, 0.3) is 5.91 Å². The summed E-state index contributed by atoms with van der Waals surface area (Å²) in [6.07, 6.45) is 1.80. The van der Waals surface area contributed by atoms with Crippen LogP contribution < -0.4 is 14.4 Å².